The SMILES string of the molecule is C[C@@H]1C[C@H](C)C2C=CC=CC21. The van der Waals surface area contributed by atoms with Crippen molar-refractivity contribution >= 4 is 0 Å². The van der Waals surface area contributed by atoms with Crippen LogP contribution in [0.5, 0.6) is 0 Å². The molecule has 0 spiro atoms. The lowest BCUT2D eigenvalue weighted by atomic mass is 9.85. The zero-order chi connectivity index (χ0) is 7.84. The van der Waals surface area contributed by atoms with Crippen molar-refractivity contribution in [2.24, 2.45) is 23.7 Å². The lowest BCUT2D eigenvalue weighted by Gasteiger charge is -2.20. The van der Waals surface area contributed by atoms with E-state index in [0.717, 1.165) is 23.7 Å². The van der Waals surface area contributed by atoms with E-state index in [2.05, 4.69) is 38.2 Å². The van der Waals surface area contributed by atoms with Crippen molar-refractivity contribution in [1.29, 1.82) is 0 Å². The predicted octanol–water partition coefficient (Wildman–Crippen LogP) is 3.02. The van der Waals surface area contributed by atoms with Crippen LogP contribution in [0.4, 0.5) is 0 Å². The Labute approximate surface area is 69.0 Å². The normalized spacial score (nSPS) is 47.8. The number of rotatable bonds is 0. The van der Waals surface area contributed by atoms with Gasteiger partial charge in [-0.1, -0.05) is 38.2 Å². The molecule has 0 aromatic carbocycles. The number of fused-ring (bicyclic) bond motifs is 1. The van der Waals surface area contributed by atoms with Gasteiger partial charge in [0.05, 0.1) is 0 Å². The summed E-state index contributed by atoms with van der Waals surface area (Å²) in [5, 5.41) is 0. The highest BCUT2D eigenvalue weighted by atomic mass is 14.4. The van der Waals surface area contributed by atoms with Crippen molar-refractivity contribution < 1.29 is 0 Å². The van der Waals surface area contributed by atoms with E-state index in [4.69, 9.17) is 0 Å². The first kappa shape index (κ1) is 7.15. The summed E-state index contributed by atoms with van der Waals surface area (Å²) in [4.78, 5) is 0. The lowest BCUT2D eigenvalue weighted by molar-refractivity contribution is 0.427. The molecule has 0 amide bonds. The first-order valence-corrected chi connectivity index (χ1v) is 4.64. The highest BCUT2D eigenvalue weighted by Crippen LogP contribution is 2.43. The molecule has 0 aromatic rings. The molecule has 0 aliphatic heterocycles. The maximum atomic E-state index is 2.39. The van der Waals surface area contributed by atoms with Crippen LogP contribution in [-0.2, 0) is 0 Å². The monoisotopic (exact) mass is 148 g/mol. The summed E-state index contributed by atoms with van der Waals surface area (Å²) < 4.78 is 0. The minimum Gasteiger partial charge on any atom is -0.0806 e. The Balaban J connectivity index is 2.23. The van der Waals surface area contributed by atoms with Gasteiger partial charge in [0.2, 0.25) is 0 Å². The van der Waals surface area contributed by atoms with Crippen molar-refractivity contribution in [3.8, 4) is 0 Å². The maximum Gasteiger partial charge on any atom is -0.0139 e. The molecule has 4 atom stereocenters. The van der Waals surface area contributed by atoms with E-state index in [1.54, 1.807) is 0 Å². The third kappa shape index (κ3) is 1.05. The van der Waals surface area contributed by atoms with E-state index >= 15 is 0 Å². The lowest BCUT2D eigenvalue weighted by Crippen LogP contribution is -2.12. The molecule has 2 aliphatic rings. The van der Waals surface area contributed by atoms with E-state index in [0.29, 0.717) is 0 Å². The number of hydrogen-bond acceptors (Lipinski definition) is 0. The summed E-state index contributed by atoms with van der Waals surface area (Å²) in [5.74, 6) is 3.48. The minimum atomic E-state index is 0.843. The maximum absolute atomic E-state index is 2.39. The predicted molar refractivity (Wildman–Crippen MR) is 48.2 cm³/mol. The Morgan fingerprint density at radius 3 is 1.82 bits per heavy atom. The molecule has 2 aliphatic carbocycles. The quantitative estimate of drug-likeness (QED) is 0.495. The highest BCUT2D eigenvalue weighted by Gasteiger charge is 2.35. The molecule has 0 aromatic heterocycles. The van der Waals surface area contributed by atoms with Gasteiger partial charge in [0, 0.05) is 0 Å². The van der Waals surface area contributed by atoms with Crippen LogP contribution in [0, 0.1) is 23.7 Å². The summed E-state index contributed by atoms with van der Waals surface area (Å²) in [6.07, 6.45) is 10.6. The second-order valence-electron chi connectivity index (χ2n) is 4.11. The van der Waals surface area contributed by atoms with Crippen molar-refractivity contribution in [1.82, 2.24) is 0 Å². The Kier molecular flexibility index (Phi) is 1.63. The standard InChI is InChI=1S/C11H16/c1-8-7-9(2)11-6-4-3-5-10(8)11/h3-6,8-11H,7H2,1-2H3/t8-,9+,10?,11?. The molecule has 0 heterocycles. The van der Waals surface area contributed by atoms with Gasteiger partial charge in [0.15, 0.2) is 0 Å². The largest absolute Gasteiger partial charge is 0.0806 e. The fourth-order valence-corrected chi connectivity index (χ4v) is 2.68. The van der Waals surface area contributed by atoms with Crippen LogP contribution in [0.1, 0.15) is 20.3 Å². The molecule has 11 heavy (non-hydrogen) atoms. The van der Waals surface area contributed by atoms with Gasteiger partial charge in [-0.05, 0) is 30.1 Å². The second-order valence-corrected chi connectivity index (χ2v) is 4.11. The molecule has 1 fully saturated rings. The fraction of sp³-hybridized carbons (Fsp3) is 0.636. The van der Waals surface area contributed by atoms with Gasteiger partial charge in [-0.2, -0.15) is 0 Å². The molecule has 0 radical (unpaired) electrons. The van der Waals surface area contributed by atoms with E-state index in [9.17, 15) is 0 Å². The smallest absolute Gasteiger partial charge is 0.0139 e. The topological polar surface area (TPSA) is 0 Å². The fourth-order valence-electron chi connectivity index (χ4n) is 2.68. The van der Waals surface area contributed by atoms with Gasteiger partial charge < -0.3 is 0 Å². The van der Waals surface area contributed by atoms with Gasteiger partial charge in [0.1, 0.15) is 0 Å². The summed E-state index contributed by atoms with van der Waals surface area (Å²) in [6, 6.07) is 0. The van der Waals surface area contributed by atoms with Gasteiger partial charge in [-0.25, -0.2) is 0 Å². The third-order valence-corrected chi connectivity index (χ3v) is 3.28. The highest BCUT2D eigenvalue weighted by molar-refractivity contribution is 5.18. The molecule has 0 bridgehead atoms. The van der Waals surface area contributed by atoms with Crippen LogP contribution in [0.3, 0.4) is 0 Å². The van der Waals surface area contributed by atoms with Crippen molar-refractivity contribution in [2.45, 2.75) is 20.3 Å². The molecular formula is C11H16. The summed E-state index contributed by atoms with van der Waals surface area (Å²) in [6.45, 7) is 4.76. The van der Waals surface area contributed by atoms with Gasteiger partial charge in [-0.15, -0.1) is 0 Å². The second kappa shape index (κ2) is 2.51. The Bertz CT molecular complexity index is 178. The van der Waals surface area contributed by atoms with Crippen molar-refractivity contribution in [3.63, 3.8) is 0 Å². The van der Waals surface area contributed by atoms with Crippen molar-refractivity contribution in [2.75, 3.05) is 0 Å². The number of hydrogen-bond donors (Lipinski definition) is 0. The van der Waals surface area contributed by atoms with E-state index < -0.39 is 0 Å². The average Bonchev–Trinajstić information content (AvgIpc) is 2.30. The summed E-state index contributed by atoms with van der Waals surface area (Å²) in [7, 11) is 0. The van der Waals surface area contributed by atoms with E-state index in [1.807, 2.05) is 0 Å². The zero-order valence-electron chi connectivity index (χ0n) is 7.33. The van der Waals surface area contributed by atoms with Gasteiger partial charge in [-0.3, -0.25) is 0 Å². The molecule has 0 saturated heterocycles. The van der Waals surface area contributed by atoms with Crippen molar-refractivity contribution in [3.05, 3.63) is 24.3 Å². The Morgan fingerprint density at radius 1 is 0.909 bits per heavy atom. The van der Waals surface area contributed by atoms with Crippen LogP contribution < -0.4 is 0 Å². The minimum absolute atomic E-state index is 0.843. The number of allylic oxidation sites excluding steroid dienone is 4. The Hall–Kier alpha value is -0.520. The van der Waals surface area contributed by atoms with E-state index in [-0.39, 0.29) is 0 Å². The van der Waals surface area contributed by atoms with Gasteiger partial charge in [0.25, 0.3) is 0 Å². The van der Waals surface area contributed by atoms with Gasteiger partial charge >= 0.3 is 0 Å². The zero-order valence-corrected chi connectivity index (χ0v) is 7.33. The van der Waals surface area contributed by atoms with Crippen LogP contribution in [-0.4, -0.2) is 0 Å². The molecular weight excluding hydrogens is 132 g/mol. The molecule has 0 N–H and O–H groups in total. The molecule has 2 rings (SSSR count). The van der Waals surface area contributed by atoms with Crippen LogP contribution in [0.15, 0.2) is 24.3 Å². The molecule has 1 saturated carbocycles. The van der Waals surface area contributed by atoms with Crippen LogP contribution >= 0.6 is 0 Å². The average molecular weight is 148 g/mol. The van der Waals surface area contributed by atoms with Crippen LogP contribution in [0.25, 0.3) is 0 Å². The first-order valence-electron chi connectivity index (χ1n) is 4.64. The molecule has 2 unspecified atom stereocenters. The molecule has 60 valence electrons. The Morgan fingerprint density at radius 2 is 1.36 bits per heavy atom. The summed E-state index contributed by atoms with van der Waals surface area (Å²) in [5.41, 5.74) is 0. The summed E-state index contributed by atoms with van der Waals surface area (Å²) >= 11 is 0. The third-order valence-electron chi connectivity index (χ3n) is 3.28. The van der Waals surface area contributed by atoms with E-state index in [1.165, 1.54) is 6.42 Å². The first-order chi connectivity index (χ1) is 5.29. The molecule has 0 heteroatoms. The molecule has 0 nitrogen and oxygen atoms in total. The van der Waals surface area contributed by atoms with Crippen LogP contribution in [0.2, 0.25) is 0 Å².